The SMILES string of the molecule is CCC/C=C(\CCC)c1ccncc1OC. The van der Waals surface area contributed by atoms with Crippen molar-refractivity contribution in [3.8, 4) is 5.75 Å². The topological polar surface area (TPSA) is 22.1 Å². The lowest BCUT2D eigenvalue weighted by atomic mass is 10.00. The summed E-state index contributed by atoms with van der Waals surface area (Å²) in [5.41, 5.74) is 2.57. The molecule has 1 rings (SSSR count). The molecule has 0 saturated carbocycles. The Morgan fingerprint density at radius 1 is 1.38 bits per heavy atom. The van der Waals surface area contributed by atoms with E-state index >= 15 is 0 Å². The van der Waals surface area contributed by atoms with Gasteiger partial charge in [0.25, 0.3) is 0 Å². The van der Waals surface area contributed by atoms with Crippen molar-refractivity contribution in [2.24, 2.45) is 0 Å². The third-order valence-electron chi connectivity index (χ3n) is 2.55. The van der Waals surface area contributed by atoms with Gasteiger partial charge in [0.2, 0.25) is 0 Å². The van der Waals surface area contributed by atoms with E-state index < -0.39 is 0 Å². The van der Waals surface area contributed by atoms with Crippen molar-refractivity contribution < 1.29 is 4.74 Å². The molecule has 2 nitrogen and oxygen atoms in total. The fraction of sp³-hybridized carbons (Fsp3) is 0.500. The molecule has 16 heavy (non-hydrogen) atoms. The first-order valence-electron chi connectivity index (χ1n) is 6.00. The molecule has 0 aliphatic rings. The zero-order valence-corrected chi connectivity index (χ0v) is 10.5. The Labute approximate surface area is 98.4 Å². The number of nitrogens with zero attached hydrogens (tertiary/aromatic N) is 1. The molecule has 0 atom stereocenters. The molecular weight excluding hydrogens is 198 g/mol. The molecule has 88 valence electrons. The van der Waals surface area contributed by atoms with E-state index in [2.05, 4.69) is 24.9 Å². The molecule has 0 unspecified atom stereocenters. The number of unbranched alkanes of at least 4 members (excludes halogenated alkanes) is 1. The zero-order valence-electron chi connectivity index (χ0n) is 10.5. The summed E-state index contributed by atoms with van der Waals surface area (Å²) < 4.78 is 5.35. The lowest BCUT2D eigenvalue weighted by molar-refractivity contribution is 0.411. The van der Waals surface area contributed by atoms with E-state index in [1.165, 1.54) is 17.6 Å². The van der Waals surface area contributed by atoms with Crippen molar-refractivity contribution >= 4 is 5.57 Å². The van der Waals surface area contributed by atoms with Gasteiger partial charge in [-0.25, -0.2) is 0 Å². The van der Waals surface area contributed by atoms with Gasteiger partial charge < -0.3 is 4.74 Å². The van der Waals surface area contributed by atoms with Crippen LogP contribution in [0.15, 0.2) is 24.5 Å². The Morgan fingerprint density at radius 2 is 2.19 bits per heavy atom. The van der Waals surface area contributed by atoms with Gasteiger partial charge in [0.15, 0.2) is 0 Å². The molecule has 0 aliphatic carbocycles. The molecule has 1 aromatic heterocycles. The van der Waals surface area contributed by atoms with Crippen LogP contribution in [0.25, 0.3) is 5.57 Å². The number of hydrogen-bond acceptors (Lipinski definition) is 2. The molecule has 0 spiro atoms. The third-order valence-corrected chi connectivity index (χ3v) is 2.55. The minimum atomic E-state index is 0.873. The number of aromatic nitrogens is 1. The van der Waals surface area contributed by atoms with Crippen LogP contribution < -0.4 is 4.74 Å². The molecule has 0 aliphatic heterocycles. The number of ether oxygens (including phenoxy) is 1. The molecule has 0 N–H and O–H groups in total. The lowest BCUT2D eigenvalue weighted by Gasteiger charge is -2.11. The summed E-state index contributed by atoms with van der Waals surface area (Å²) in [5.74, 6) is 0.873. The second kappa shape index (κ2) is 7.04. The van der Waals surface area contributed by atoms with Gasteiger partial charge in [0.1, 0.15) is 5.75 Å². The Bertz CT molecular complexity index is 344. The molecule has 0 fully saturated rings. The van der Waals surface area contributed by atoms with Crippen LogP contribution in [0.4, 0.5) is 0 Å². The summed E-state index contributed by atoms with van der Waals surface area (Å²) in [6.45, 7) is 4.40. The largest absolute Gasteiger partial charge is 0.495 e. The van der Waals surface area contributed by atoms with E-state index in [4.69, 9.17) is 4.74 Å². The molecule has 0 amide bonds. The third kappa shape index (κ3) is 3.37. The molecule has 0 bridgehead atoms. The second-order valence-corrected chi connectivity index (χ2v) is 3.84. The fourth-order valence-electron chi connectivity index (χ4n) is 1.74. The Kier molecular flexibility index (Phi) is 5.62. The summed E-state index contributed by atoms with van der Waals surface area (Å²) in [4.78, 5) is 4.09. The monoisotopic (exact) mass is 219 g/mol. The summed E-state index contributed by atoms with van der Waals surface area (Å²) in [6, 6.07) is 2.04. The van der Waals surface area contributed by atoms with Gasteiger partial charge in [-0.3, -0.25) is 4.98 Å². The van der Waals surface area contributed by atoms with Crippen molar-refractivity contribution in [1.82, 2.24) is 4.98 Å². The number of pyridine rings is 1. The number of allylic oxidation sites excluding steroid dienone is 2. The van der Waals surface area contributed by atoms with Crippen LogP contribution in [-0.4, -0.2) is 12.1 Å². The van der Waals surface area contributed by atoms with Crippen LogP contribution >= 0.6 is 0 Å². The van der Waals surface area contributed by atoms with Crippen molar-refractivity contribution in [2.45, 2.75) is 39.5 Å². The highest BCUT2D eigenvalue weighted by atomic mass is 16.5. The van der Waals surface area contributed by atoms with Gasteiger partial charge in [-0.2, -0.15) is 0 Å². The van der Waals surface area contributed by atoms with E-state index in [1.807, 2.05) is 12.3 Å². The average Bonchev–Trinajstić information content (AvgIpc) is 2.34. The predicted octanol–water partition coefficient (Wildman–Crippen LogP) is 4.07. The van der Waals surface area contributed by atoms with Crippen molar-refractivity contribution in [1.29, 1.82) is 0 Å². The lowest BCUT2D eigenvalue weighted by Crippen LogP contribution is -1.93. The highest BCUT2D eigenvalue weighted by Crippen LogP contribution is 2.28. The fourth-order valence-corrected chi connectivity index (χ4v) is 1.74. The minimum absolute atomic E-state index is 0.873. The Morgan fingerprint density at radius 3 is 2.81 bits per heavy atom. The zero-order chi connectivity index (χ0) is 11.8. The standard InChI is InChI=1S/C14H21NO/c1-4-6-8-12(7-5-2)13-9-10-15-11-14(13)16-3/h8-11H,4-7H2,1-3H3/b12-8+. The summed E-state index contributed by atoms with van der Waals surface area (Å²) in [7, 11) is 1.70. The molecular formula is C14H21NO. The summed E-state index contributed by atoms with van der Waals surface area (Å²) in [6.07, 6.45) is 10.5. The first-order valence-corrected chi connectivity index (χ1v) is 6.00. The van der Waals surface area contributed by atoms with Crippen LogP contribution in [0.5, 0.6) is 5.75 Å². The molecule has 2 heteroatoms. The molecule has 1 heterocycles. The molecule has 0 saturated heterocycles. The quantitative estimate of drug-likeness (QED) is 0.719. The first-order chi connectivity index (χ1) is 7.83. The normalized spacial score (nSPS) is 11.6. The molecule has 1 aromatic rings. The minimum Gasteiger partial charge on any atom is -0.495 e. The first kappa shape index (κ1) is 12.8. The van der Waals surface area contributed by atoms with Gasteiger partial charge >= 0.3 is 0 Å². The number of hydrogen-bond donors (Lipinski definition) is 0. The van der Waals surface area contributed by atoms with Crippen LogP contribution in [-0.2, 0) is 0 Å². The van der Waals surface area contributed by atoms with E-state index in [0.717, 1.165) is 25.0 Å². The van der Waals surface area contributed by atoms with E-state index in [1.54, 1.807) is 13.3 Å². The molecule has 0 aromatic carbocycles. The summed E-state index contributed by atoms with van der Waals surface area (Å²) in [5, 5.41) is 0. The van der Waals surface area contributed by atoms with E-state index in [0.29, 0.717) is 0 Å². The van der Waals surface area contributed by atoms with E-state index in [-0.39, 0.29) is 0 Å². The van der Waals surface area contributed by atoms with Crippen molar-refractivity contribution in [2.75, 3.05) is 7.11 Å². The van der Waals surface area contributed by atoms with Crippen LogP contribution in [0.3, 0.4) is 0 Å². The Balaban J connectivity index is 3.00. The summed E-state index contributed by atoms with van der Waals surface area (Å²) >= 11 is 0. The maximum atomic E-state index is 5.35. The second-order valence-electron chi connectivity index (χ2n) is 3.84. The van der Waals surface area contributed by atoms with Crippen molar-refractivity contribution in [3.05, 3.63) is 30.1 Å². The van der Waals surface area contributed by atoms with Crippen molar-refractivity contribution in [3.63, 3.8) is 0 Å². The predicted molar refractivity (Wildman–Crippen MR) is 68.6 cm³/mol. The molecule has 0 radical (unpaired) electrons. The van der Waals surface area contributed by atoms with Gasteiger partial charge in [-0.05, 0) is 24.5 Å². The van der Waals surface area contributed by atoms with Crippen LogP contribution in [0.1, 0.15) is 45.1 Å². The van der Waals surface area contributed by atoms with Gasteiger partial charge in [-0.1, -0.05) is 32.8 Å². The van der Waals surface area contributed by atoms with E-state index in [9.17, 15) is 0 Å². The Hall–Kier alpha value is -1.31. The van der Waals surface area contributed by atoms with Gasteiger partial charge in [-0.15, -0.1) is 0 Å². The van der Waals surface area contributed by atoms with Crippen LogP contribution in [0.2, 0.25) is 0 Å². The maximum absolute atomic E-state index is 5.35. The van der Waals surface area contributed by atoms with Gasteiger partial charge in [0, 0.05) is 11.8 Å². The van der Waals surface area contributed by atoms with Crippen LogP contribution in [0, 0.1) is 0 Å². The average molecular weight is 219 g/mol. The highest BCUT2D eigenvalue weighted by Gasteiger charge is 2.06. The highest BCUT2D eigenvalue weighted by molar-refractivity contribution is 5.69. The smallest absolute Gasteiger partial charge is 0.144 e. The van der Waals surface area contributed by atoms with Gasteiger partial charge in [0.05, 0.1) is 13.3 Å². The number of rotatable bonds is 6. The number of methoxy groups -OCH3 is 1. The maximum Gasteiger partial charge on any atom is 0.144 e.